The van der Waals surface area contributed by atoms with Gasteiger partial charge in [-0.25, -0.2) is 0 Å². The molecule has 3 N–H and O–H groups in total. The van der Waals surface area contributed by atoms with Crippen molar-refractivity contribution in [1.82, 2.24) is 0 Å². The maximum absolute atomic E-state index is 10.6. The summed E-state index contributed by atoms with van der Waals surface area (Å²) in [7, 11) is 0. The van der Waals surface area contributed by atoms with Crippen molar-refractivity contribution < 1.29 is 0 Å². The van der Waals surface area contributed by atoms with Gasteiger partial charge in [0, 0.05) is 18.3 Å². The maximum Gasteiger partial charge on any atom is 0.114 e. The minimum Gasteiger partial charge on any atom is -0.385 e. The van der Waals surface area contributed by atoms with Gasteiger partial charge in [-0.1, -0.05) is 17.3 Å². The molecule has 1 aliphatic rings. The predicted octanol–water partition coefficient (Wildman–Crippen LogP) is 3.44. The number of nitroso groups, excluding NO2 is 1. The summed E-state index contributed by atoms with van der Waals surface area (Å²) in [5.41, 5.74) is 7.95. The number of anilines is 1. The van der Waals surface area contributed by atoms with E-state index in [0.29, 0.717) is 12.0 Å². The Hall–Kier alpha value is -1.42. The number of hydrogen-bond acceptors (Lipinski definition) is 4. The highest BCUT2D eigenvalue weighted by molar-refractivity contribution is 5.46. The fraction of sp³-hybridized carbons (Fsp3) is 0.600. The molecule has 1 atom stereocenters. The lowest BCUT2D eigenvalue weighted by molar-refractivity contribution is 0.339. The van der Waals surface area contributed by atoms with Crippen molar-refractivity contribution in [2.75, 3.05) is 11.9 Å². The van der Waals surface area contributed by atoms with Crippen molar-refractivity contribution in [2.24, 2.45) is 16.8 Å². The molecule has 19 heavy (non-hydrogen) atoms. The lowest BCUT2D eigenvalue weighted by Gasteiger charge is -2.26. The van der Waals surface area contributed by atoms with Crippen molar-refractivity contribution in [3.8, 4) is 0 Å². The van der Waals surface area contributed by atoms with E-state index in [4.69, 9.17) is 5.73 Å². The van der Waals surface area contributed by atoms with Crippen LogP contribution in [-0.4, -0.2) is 12.6 Å². The number of benzene rings is 1. The third-order valence-electron chi connectivity index (χ3n) is 4.01. The van der Waals surface area contributed by atoms with Crippen LogP contribution in [0, 0.1) is 10.8 Å². The standard InChI is InChI=1S/C15H23N3O/c1-11(18-19)13-3-2-4-15(9-13)17-10-12-5-7-14(16)8-6-12/h2-4,9,11-12,14,17H,5-8,10,16H2,1H3. The molecular formula is C15H23N3O. The second-order valence-electron chi connectivity index (χ2n) is 5.57. The van der Waals surface area contributed by atoms with Gasteiger partial charge in [-0.15, -0.1) is 0 Å². The van der Waals surface area contributed by atoms with Gasteiger partial charge in [0.05, 0.1) is 0 Å². The van der Waals surface area contributed by atoms with Gasteiger partial charge in [-0.2, -0.15) is 4.91 Å². The molecule has 1 fully saturated rings. The Balaban J connectivity index is 1.87. The number of rotatable bonds is 5. The van der Waals surface area contributed by atoms with Crippen LogP contribution in [0.2, 0.25) is 0 Å². The minimum atomic E-state index is -0.283. The molecule has 1 aromatic rings. The maximum atomic E-state index is 10.6. The van der Waals surface area contributed by atoms with Gasteiger partial charge in [-0.3, -0.25) is 0 Å². The van der Waals surface area contributed by atoms with E-state index in [1.54, 1.807) is 0 Å². The molecule has 4 heteroatoms. The fourth-order valence-corrected chi connectivity index (χ4v) is 2.62. The molecular weight excluding hydrogens is 238 g/mol. The molecule has 104 valence electrons. The van der Waals surface area contributed by atoms with Crippen molar-refractivity contribution >= 4 is 5.69 Å². The van der Waals surface area contributed by atoms with Crippen LogP contribution in [0.3, 0.4) is 0 Å². The topological polar surface area (TPSA) is 67.5 Å². The smallest absolute Gasteiger partial charge is 0.114 e. The van der Waals surface area contributed by atoms with Crippen LogP contribution in [0.25, 0.3) is 0 Å². The molecule has 0 aliphatic heterocycles. The van der Waals surface area contributed by atoms with Crippen molar-refractivity contribution in [3.63, 3.8) is 0 Å². The fourth-order valence-electron chi connectivity index (χ4n) is 2.62. The van der Waals surface area contributed by atoms with Crippen LogP contribution >= 0.6 is 0 Å². The zero-order valence-electron chi connectivity index (χ0n) is 11.5. The van der Waals surface area contributed by atoms with E-state index in [9.17, 15) is 4.91 Å². The molecule has 1 saturated carbocycles. The van der Waals surface area contributed by atoms with Crippen LogP contribution in [0.4, 0.5) is 5.69 Å². The Morgan fingerprint density at radius 3 is 2.79 bits per heavy atom. The Morgan fingerprint density at radius 1 is 1.37 bits per heavy atom. The lowest BCUT2D eigenvalue weighted by Crippen LogP contribution is -2.29. The third-order valence-corrected chi connectivity index (χ3v) is 4.01. The first-order chi connectivity index (χ1) is 9.19. The Labute approximate surface area is 114 Å². The predicted molar refractivity (Wildman–Crippen MR) is 79.1 cm³/mol. The van der Waals surface area contributed by atoms with Crippen LogP contribution in [-0.2, 0) is 0 Å². The minimum absolute atomic E-state index is 0.283. The molecule has 0 radical (unpaired) electrons. The summed E-state index contributed by atoms with van der Waals surface area (Å²) >= 11 is 0. The summed E-state index contributed by atoms with van der Waals surface area (Å²) in [6.45, 7) is 2.80. The van der Waals surface area contributed by atoms with Gasteiger partial charge >= 0.3 is 0 Å². The summed E-state index contributed by atoms with van der Waals surface area (Å²) < 4.78 is 0. The summed E-state index contributed by atoms with van der Waals surface area (Å²) in [6, 6.07) is 8.08. The average molecular weight is 261 g/mol. The summed E-state index contributed by atoms with van der Waals surface area (Å²) in [4.78, 5) is 10.6. The van der Waals surface area contributed by atoms with E-state index in [2.05, 4.69) is 10.5 Å². The van der Waals surface area contributed by atoms with Crippen molar-refractivity contribution in [1.29, 1.82) is 0 Å². The molecule has 1 unspecified atom stereocenters. The third kappa shape index (κ3) is 4.03. The van der Waals surface area contributed by atoms with Gasteiger partial charge in [0.25, 0.3) is 0 Å². The van der Waals surface area contributed by atoms with Crippen molar-refractivity contribution in [3.05, 3.63) is 34.7 Å². The van der Waals surface area contributed by atoms with E-state index in [1.807, 2.05) is 31.2 Å². The van der Waals surface area contributed by atoms with E-state index < -0.39 is 0 Å². The Morgan fingerprint density at radius 2 is 2.11 bits per heavy atom. The van der Waals surface area contributed by atoms with Crippen molar-refractivity contribution in [2.45, 2.75) is 44.7 Å². The first-order valence-corrected chi connectivity index (χ1v) is 7.11. The van der Waals surface area contributed by atoms with Crippen LogP contribution < -0.4 is 11.1 Å². The second-order valence-corrected chi connectivity index (χ2v) is 5.57. The number of nitrogens with two attached hydrogens (primary N) is 1. The molecule has 0 saturated heterocycles. The zero-order chi connectivity index (χ0) is 13.7. The van der Waals surface area contributed by atoms with Gasteiger partial charge in [0.15, 0.2) is 0 Å². The molecule has 1 aromatic carbocycles. The van der Waals surface area contributed by atoms with Crippen LogP contribution in [0.15, 0.2) is 29.4 Å². The highest BCUT2D eigenvalue weighted by Crippen LogP contribution is 2.24. The summed E-state index contributed by atoms with van der Waals surface area (Å²) in [6.07, 6.45) is 4.69. The number of nitrogens with zero attached hydrogens (tertiary/aromatic N) is 1. The molecule has 4 nitrogen and oxygen atoms in total. The molecule has 0 spiro atoms. The SMILES string of the molecule is CC(N=O)c1cccc(NCC2CCC(N)CC2)c1. The number of hydrogen-bond donors (Lipinski definition) is 2. The van der Waals surface area contributed by atoms with Crippen LogP contribution in [0.5, 0.6) is 0 Å². The molecule has 0 aromatic heterocycles. The quantitative estimate of drug-likeness (QED) is 0.798. The molecule has 1 aliphatic carbocycles. The second kappa shape index (κ2) is 6.66. The number of nitrogens with one attached hydrogen (secondary N) is 1. The normalized spacial score (nSPS) is 24.7. The summed E-state index contributed by atoms with van der Waals surface area (Å²) in [5, 5.41) is 6.53. The Bertz CT molecular complexity index is 414. The first kappa shape index (κ1) is 14.0. The molecule has 0 amide bonds. The Kier molecular flexibility index (Phi) is 4.91. The van der Waals surface area contributed by atoms with Gasteiger partial charge in [-0.05, 0) is 56.2 Å². The van der Waals surface area contributed by atoms with E-state index >= 15 is 0 Å². The van der Waals surface area contributed by atoms with E-state index in [-0.39, 0.29) is 6.04 Å². The van der Waals surface area contributed by atoms with Gasteiger partial charge in [0.1, 0.15) is 6.04 Å². The highest BCUT2D eigenvalue weighted by atomic mass is 16.3. The van der Waals surface area contributed by atoms with Gasteiger partial charge < -0.3 is 11.1 Å². The largest absolute Gasteiger partial charge is 0.385 e. The van der Waals surface area contributed by atoms with Crippen LogP contribution in [0.1, 0.15) is 44.2 Å². The highest BCUT2D eigenvalue weighted by Gasteiger charge is 2.18. The molecule has 0 bridgehead atoms. The van der Waals surface area contributed by atoms with E-state index in [0.717, 1.165) is 30.6 Å². The zero-order valence-corrected chi connectivity index (χ0v) is 11.5. The molecule has 0 heterocycles. The summed E-state index contributed by atoms with van der Waals surface area (Å²) in [5.74, 6) is 0.713. The first-order valence-electron chi connectivity index (χ1n) is 7.11. The molecule has 2 rings (SSSR count). The monoisotopic (exact) mass is 261 g/mol. The lowest BCUT2D eigenvalue weighted by atomic mass is 9.86. The van der Waals surface area contributed by atoms with E-state index in [1.165, 1.54) is 12.8 Å². The van der Waals surface area contributed by atoms with Gasteiger partial charge in [0.2, 0.25) is 0 Å². The average Bonchev–Trinajstić information content (AvgIpc) is 2.46.